The van der Waals surface area contributed by atoms with Crippen molar-refractivity contribution in [1.82, 2.24) is 4.90 Å². The van der Waals surface area contributed by atoms with Crippen molar-refractivity contribution in [2.24, 2.45) is 11.7 Å². The van der Waals surface area contributed by atoms with E-state index in [1.807, 2.05) is 52.0 Å². The number of hydrogen-bond donors (Lipinski definition) is 2. The Bertz CT molecular complexity index is 434. The van der Waals surface area contributed by atoms with E-state index in [2.05, 4.69) is 0 Å². The fourth-order valence-electron chi connectivity index (χ4n) is 1.99. The molecule has 0 bridgehead atoms. The van der Waals surface area contributed by atoms with Crippen LogP contribution in [0.4, 0.5) is 0 Å². The van der Waals surface area contributed by atoms with Gasteiger partial charge in [0.15, 0.2) is 0 Å². The molecule has 0 spiro atoms. The lowest BCUT2D eigenvalue weighted by atomic mass is 10.0. The number of carbonyl (C=O) groups is 1. The topological polar surface area (TPSA) is 66.6 Å². The number of likely N-dealkylation sites (N-methyl/N-ethyl adjacent to an activating group) is 1. The number of aliphatic hydroxyl groups is 1. The van der Waals surface area contributed by atoms with Crippen molar-refractivity contribution in [2.45, 2.75) is 39.8 Å². The molecule has 0 aliphatic heterocycles. The van der Waals surface area contributed by atoms with Crippen LogP contribution in [0.5, 0.6) is 0 Å². The number of halogens is 1. The Hall–Kier alpha value is -1.10. The standard InChI is InChI=1S/C16H26N2O2.ClH/c1-5-18(16(20)12(3)13(4)17)10-15(19)14-8-6-11(2)7-9-14;/h6-9,12-13,15,19H,5,10,17H2,1-4H3;1H. The first-order chi connectivity index (χ1) is 9.36. The molecule has 1 amide bonds. The number of nitrogens with zero attached hydrogens (tertiary/aromatic N) is 1. The maximum absolute atomic E-state index is 12.3. The lowest BCUT2D eigenvalue weighted by Gasteiger charge is -2.28. The first-order valence-electron chi connectivity index (χ1n) is 7.15. The van der Waals surface area contributed by atoms with Gasteiger partial charge in [-0.2, -0.15) is 0 Å². The van der Waals surface area contributed by atoms with Gasteiger partial charge < -0.3 is 15.7 Å². The molecule has 1 aromatic rings. The number of benzene rings is 1. The number of aryl methyl sites for hydroxylation is 1. The van der Waals surface area contributed by atoms with Gasteiger partial charge in [0, 0.05) is 12.6 Å². The van der Waals surface area contributed by atoms with Crippen LogP contribution < -0.4 is 5.73 Å². The summed E-state index contributed by atoms with van der Waals surface area (Å²) in [6, 6.07) is 7.52. The van der Waals surface area contributed by atoms with Crippen LogP contribution in [0, 0.1) is 12.8 Å². The zero-order chi connectivity index (χ0) is 15.3. The summed E-state index contributed by atoms with van der Waals surface area (Å²) in [7, 11) is 0. The first kappa shape index (κ1) is 19.9. The monoisotopic (exact) mass is 314 g/mol. The van der Waals surface area contributed by atoms with Gasteiger partial charge in [0.1, 0.15) is 0 Å². The molecule has 0 fully saturated rings. The van der Waals surface area contributed by atoms with E-state index >= 15 is 0 Å². The van der Waals surface area contributed by atoms with E-state index in [-0.39, 0.29) is 30.3 Å². The molecule has 0 aliphatic rings. The van der Waals surface area contributed by atoms with E-state index in [0.717, 1.165) is 11.1 Å². The summed E-state index contributed by atoms with van der Waals surface area (Å²) >= 11 is 0. The number of amides is 1. The molecular formula is C16H27ClN2O2. The molecule has 3 atom stereocenters. The normalized spacial score (nSPS) is 14.8. The smallest absolute Gasteiger partial charge is 0.227 e. The maximum atomic E-state index is 12.3. The minimum atomic E-state index is -0.667. The van der Waals surface area contributed by atoms with Crippen molar-refractivity contribution >= 4 is 18.3 Å². The lowest BCUT2D eigenvalue weighted by molar-refractivity contribution is -0.136. The third-order valence-corrected chi connectivity index (χ3v) is 3.73. The molecule has 0 aromatic heterocycles. The molecule has 0 radical (unpaired) electrons. The average molecular weight is 315 g/mol. The SMILES string of the molecule is CCN(CC(O)c1ccc(C)cc1)C(=O)C(C)C(C)N.Cl. The van der Waals surface area contributed by atoms with Crippen LogP contribution in [0.25, 0.3) is 0 Å². The molecule has 21 heavy (non-hydrogen) atoms. The second-order valence-electron chi connectivity index (χ2n) is 5.45. The Morgan fingerprint density at radius 3 is 2.24 bits per heavy atom. The van der Waals surface area contributed by atoms with E-state index in [0.29, 0.717) is 13.1 Å². The van der Waals surface area contributed by atoms with Crippen molar-refractivity contribution in [3.63, 3.8) is 0 Å². The summed E-state index contributed by atoms with van der Waals surface area (Å²) in [6.07, 6.45) is -0.667. The predicted octanol–water partition coefficient (Wildman–Crippen LogP) is 2.28. The minimum Gasteiger partial charge on any atom is -0.387 e. The van der Waals surface area contributed by atoms with E-state index in [1.54, 1.807) is 4.90 Å². The first-order valence-corrected chi connectivity index (χ1v) is 7.15. The van der Waals surface area contributed by atoms with Crippen LogP contribution in [-0.4, -0.2) is 35.0 Å². The molecule has 0 heterocycles. The van der Waals surface area contributed by atoms with Gasteiger partial charge in [-0.05, 0) is 26.3 Å². The van der Waals surface area contributed by atoms with Crippen LogP contribution in [-0.2, 0) is 4.79 Å². The molecule has 120 valence electrons. The number of rotatable bonds is 6. The Morgan fingerprint density at radius 2 is 1.81 bits per heavy atom. The lowest BCUT2D eigenvalue weighted by Crippen LogP contribution is -2.43. The molecule has 1 rings (SSSR count). The quantitative estimate of drug-likeness (QED) is 0.846. The highest BCUT2D eigenvalue weighted by molar-refractivity contribution is 5.85. The zero-order valence-corrected chi connectivity index (χ0v) is 14.1. The molecular weight excluding hydrogens is 288 g/mol. The minimum absolute atomic E-state index is 0. The Balaban J connectivity index is 0.00000400. The highest BCUT2D eigenvalue weighted by Crippen LogP contribution is 2.16. The molecule has 4 nitrogen and oxygen atoms in total. The summed E-state index contributed by atoms with van der Waals surface area (Å²) in [5, 5.41) is 10.3. The van der Waals surface area contributed by atoms with Gasteiger partial charge in [-0.15, -0.1) is 12.4 Å². The van der Waals surface area contributed by atoms with Crippen molar-refractivity contribution < 1.29 is 9.90 Å². The third-order valence-electron chi connectivity index (χ3n) is 3.73. The van der Waals surface area contributed by atoms with Crippen LogP contribution in [0.1, 0.15) is 38.0 Å². The van der Waals surface area contributed by atoms with E-state index in [1.165, 1.54) is 0 Å². The summed E-state index contributed by atoms with van der Waals surface area (Å²) in [6.45, 7) is 8.44. The number of nitrogens with two attached hydrogens (primary N) is 1. The molecule has 3 N–H and O–H groups in total. The van der Waals surface area contributed by atoms with Crippen molar-refractivity contribution in [1.29, 1.82) is 0 Å². The Labute approximate surface area is 133 Å². The molecule has 1 aromatic carbocycles. The van der Waals surface area contributed by atoms with Crippen LogP contribution in [0.15, 0.2) is 24.3 Å². The van der Waals surface area contributed by atoms with Gasteiger partial charge in [-0.1, -0.05) is 36.8 Å². The van der Waals surface area contributed by atoms with Gasteiger partial charge in [0.2, 0.25) is 5.91 Å². The summed E-state index contributed by atoms with van der Waals surface area (Å²) < 4.78 is 0. The predicted molar refractivity (Wildman–Crippen MR) is 88.5 cm³/mol. The van der Waals surface area contributed by atoms with Crippen LogP contribution >= 0.6 is 12.4 Å². The fraction of sp³-hybridized carbons (Fsp3) is 0.562. The second kappa shape index (κ2) is 9.03. The summed E-state index contributed by atoms with van der Waals surface area (Å²) in [4.78, 5) is 13.9. The number of aliphatic hydroxyl groups excluding tert-OH is 1. The Kier molecular flexibility index (Phi) is 8.55. The van der Waals surface area contributed by atoms with Crippen LogP contribution in [0.2, 0.25) is 0 Å². The van der Waals surface area contributed by atoms with Gasteiger partial charge in [0.25, 0.3) is 0 Å². The summed E-state index contributed by atoms with van der Waals surface area (Å²) in [5.74, 6) is -0.242. The zero-order valence-electron chi connectivity index (χ0n) is 13.2. The largest absolute Gasteiger partial charge is 0.387 e. The highest BCUT2D eigenvalue weighted by atomic mass is 35.5. The molecule has 0 aliphatic carbocycles. The number of hydrogen-bond acceptors (Lipinski definition) is 3. The van der Waals surface area contributed by atoms with Crippen molar-refractivity contribution in [3.8, 4) is 0 Å². The van der Waals surface area contributed by atoms with Crippen molar-refractivity contribution in [2.75, 3.05) is 13.1 Å². The van der Waals surface area contributed by atoms with Gasteiger partial charge in [0.05, 0.1) is 18.6 Å². The molecule has 0 saturated carbocycles. The average Bonchev–Trinajstić information content (AvgIpc) is 2.43. The van der Waals surface area contributed by atoms with E-state index < -0.39 is 6.10 Å². The third kappa shape index (κ3) is 5.65. The van der Waals surface area contributed by atoms with Crippen molar-refractivity contribution in [3.05, 3.63) is 35.4 Å². The molecule has 0 saturated heterocycles. The second-order valence-corrected chi connectivity index (χ2v) is 5.45. The molecule has 5 heteroatoms. The summed E-state index contributed by atoms with van der Waals surface area (Å²) in [5.41, 5.74) is 7.75. The van der Waals surface area contributed by atoms with Gasteiger partial charge >= 0.3 is 0 Å². The van der Waals surface area contributed by atoms with Gasteiger partial charge in [-0.25, -0.2) is 0 Å². The number of carbonyl (C=O) groups excluding carboxylic acids is 1. The van der Waals surface area contributed by atoms with Crippen LogP contribution in [0.3, 0.4) is 0 Å². The molecule has 3 unspecified atom stereocenters. The van der Waals surface area contributed by atoms with E-state index in [4.69, 9.17) is 5.73 Å². The fourth-order valence-corrected chi connectivity index (χ4v) is 1.99. The van der Waals surface area contributed by atoms with E-state index in [9.17, 15) is 9.90 Å². The van der Waals surface area contributed by atoms with Gasteiger partial charge in [-0.3, -0.25) is 4.79 Å². The Morgan fingerprint density at radius 1 is 1.29 bits per heavy atom. The maximum Gasteiger partial charge on any atom is 0.227 e. The highest BCUT2D eigenvalue weighted by Gasteiger charge is 2.24.